The molecule has 0 bridgehead atoms. The lowest BCUT2D eigenvalue weighted by Gasteiger charge is -2.13. The van der Waals surface area contributed by atoms with E-state index in [-0.39, 0.29) is 5.88 Å². The van der Waals surface area contributed by atoms with Crippen molar-refractivity contribution in [3.63, 3.8) is 0 Å². The number of benzene rings is 2. The standard InChI is InChI=1S/C21H19N5O2/c1-13-9-10-14-5-3-8-17(19(14)25-13)28-21-18(22)20(23-12-24-21)26-15-6-4-7-16(11-15)27-2/h3-12H,22H2,1-2H3,(H,23,24,26). The molecule has 140 valence electrons. The van der Waals surface area contributed by atoms with Crippen molar-refractivity contribution in [1.29, 1.82) is 0 Å². The highest BCUT2D eigenvalue weighted by Gasteiger charge is 2.13. The molecule has 0 radical (unpaired) electrons. The van der Waals surface area contributed by atoms with E-state index in [1.54, 1.807) is 7.11 Å². The third kappa shape index (κ3) is 3.50. The number of nitrogens with zero attached hydrogens (tertiary/aromatic N) is 3. The van der Waals surface area contributed by atoms with Crippen molar-refractivity contribution in [3.8, 4) is 17.4 Å². The van der Waals surface area contributed by atoms with Crippen molar-refractivity contribution in [3.05, 3.63) is 66.6 Å². The van der Waals surface area contributed by atoms with E-state index in [2.05, 4.69) is 20.3 Å². The number of nitrogens with one attached hydrogen (secondary N) is 1. The molecule has 0 aliphatic heterocycles. The summed E-state index contributed by atoms with van der Waals surface area (Å²) in [6, 6.07) is 17.2. The minimum atomic E-state index is 0.260. The number of rotatable bonds is 5. The van der Waals surface area contributed by atoms with Crippen LogP contribution < -0.4 is 20.5 Å². The topological polar surface area (TPSA) is 95.2 Å². The Morgan fingerprint density at radius 3 is 2.71 bits per heavy atom. The first-order valence-electron chi connectivity index (χ1n) is 8.70. The van der Waals surface area contributed by atoms with Crippen LogP contribution in [0.2, 0.25) is 0 Å². The van der Waals surface area contributed by atoms with Crippen molar-refractivity contribution in [2.75, 3.05) is 18.2 Å². The third-order valence-corrected chi connectivity index (χ3v) is 4.21. The minimum Gasteiger partial charge on any atom is -0.497 e. The predicted octanol–water partition coefficient (Wildman–Crippen LogP) is 4.46. The SMILES string of the molecule is COc1cccc(Nc2ncnc(Oc3cccc4ccc(C)nc34)c2N)c1. The van der Waals surface area contributed by atoms with E-state index in [9.17, 15) is 0 Å². The van der Waals surface area contributed by atoms with Crippen LogP contribution in [0.3, 0.4) is 0 Å². The van der Waals surface area contributed by atoms with Gasteiger partial charge in [0.1, 0.15) is 23.3 Å². The number of hydrogen-bond acceptors (Lipinski definition) is 7. The number of methoxy groups -OCH3 is 1. The van der Waals surface area contributed by atoms with Crippen molar-refractivity contribution >= 4 is 28.1 Å². The maximum absolute atomic E-state index is 6.26. The summed E-state index contributed by atoms with van der Waals surface area (Å²) in [4.78, 5) is 13.0. The molecule has 0 unspecified atom stereocenters. The molecule has 28 heavy (non-hydrogen) atoms. The van der Waals surface area contributed by atoms with Gasteiger partial charge in [-0.3, -0.25) is 0 Å². The maximum Gasteiger partial charge on any atom is 0.248 e. The molecule has 4 rings (SSSR count). The molecule has 2 heterocycles. The van der Waals surface area contributed by atoms with Crippen LogP contribution >= 0.6 is 0 Å². The second-order valence-corrected chi connectivity index (χ2v) is 6.18. The molecule has 0 spiro atoms. The van der Waals surface area contributed by atoms with Gasteiger partial charge in [-0.05, 0) is 31.2 Å². The first kappa shape index (κ1) is 17.5. The lowest BCUT2D eigenvalue weighted by molar-refractivity contribution is 0.415. The largest absolute Gasteiger partial charge is 0.497 e. The van der Waals surface area contributed by atoms with Crippen LogP contribution in [0.5, 0.6) is 17.4 Å². The molecule has 0 aliphatic rings. The van der Waals surface area contributed by atoms with Crippen molar-refractivity contribution < 1.29 is 9.47 Å². The van der Waals surface area contributed by atoms with Gasteiger partial charge >= 0.3 is 0 Å². The average Bonchev–Trinajstić information content (AvgIpc) is 2.71. The number of aryl methyl sites for hydroxylation is 1. The van der Waals surface area contributed by atoms with E-state index in [4.69, 9.17) is 15.2 Å². The number of nitrogens with two attached hydrogens (primary N) is 1. The van der Waals surface area contributed by atoms with Crippen molar-refractivity contribution in [1.82, 2.24) is 15.0 Å². The second kappa shape index (κ2) is 7.40. The summed E-state index contributed by atoms with van der Waals surface area (Å²) in [7, 11) is 1.62. The van der Waals surface area contributed by atoms with Gasteiger partial charge in [-0.2, -0.15) is 4.98 Å². The number of para-hydroxylation sites is 1. The third-order valence-electron chi connectivity index (χ3n) is 4.21. The molecular formula is C21H19N5O2. The predicted molar refractivity (Wildman–Crippen MR) is 109 cm³/mol. The van der Waals surface area contributed by atoms with E-state index in [0.717, 1.165) is 28.0 Å². The van der Waals surface area contributed by atoms with Crippen LogP contribution in [0, 0.1) is 6.92 Å². The fourth-order valence-electron chi connectivity index (χ4n) is 2.80. The Balaban J connectivity index is 1.67. The fraction of sp³-hybridized carbons (Fsp3) is 0.0952. The van der Waals surface area contributed by atoms with E-state index < -0.39 is 0 Å². The monoisotopic (exact) mass is 373 g/mol. The molecule has 7 nitrogen and oxygen atoms in total. The van der Waals surface area contributed by atoms with E-state index in [1.165, 1.54) is 6.33 Å². The number of aromatic nitrogens is 3. The Morgan fingerprint density at radius 1 is 1.00 bits per heavy atom. The van der Waals surface area contributed by atoms with Gasteiger partial charge in [0.25, 0.3) is 0 Å². The van der Waals surface area contributed by atoms with Gasteiger partial charge in [0.2, 0.25) is 5.88 Å². The van der Waals surface area contributed by atoms with Gasteiger partial charge in [-0.15, -0.1) is 0 Å². The number of ether oxygens (including phenoxy) is 2. The number of nitrogen functional groups attached to an aromatic ring is 1. The minimum absolute atomic E-state index is 0.260. The molecule has 2 aromatic heterocycles. The van der Waals surface area contributed by atoms with Crippen LogP contribution in [-0.2, 0) is 0 Å². The van der Waals surface area contributed by atoms with Gasteiger partial charge in [0.15, 0.2) is 11.6 Å². The van der Waals surface area contributed by atoms with Crippen LogP contribution in [0.4, 0.5) is 17.2 Å². The zero-order chi connectivity index (χ0) is 19.5. The van der Waals surface area contributed by atoms with Gasteiger partial charge in [-0.25, -0.2) is 9.97 Å². The molecule has 0 saturated heterocycles. The molecule has 4 aromatic rings. The Bertz CT molecular complexity index is 1150. The molecular weight excluding hydrogens is 354 g/mol. The van der Waals surface area contributed by atoms with Gasteiger partial charge < -0.3 is 20.5 Å². The van der Waals surface area contributed by atoms with Crippen LogP contribution in [0.15, 0.2) is 60.9 Å². The van der Waals surface area contributed by atoms with E-state index in [1.807, 2.05) is 61.5 Å². The number of hydrogen-bond donors (Lipinski definition) is 2. The quantitative estimate of drug-likeness (QED) is 0.533. The lowest BCUT2D eigenvalue weighted by Crippen LogP contribution is -2.03. The number of anilines is 3. The molecule has 0 aliphatic carbocycles. The number of pyridine rings is 1. The lowest BCUT2D eigenvalue weighted by atomic mass is 10.2. The van der Waals surface area contributed by atoms with Crippen LogP contribution in [-0.4, -0.2) is 22.1 Å². The summed E-state index contributed by atoms with van der Waals surface area (Å²) >= 11 is 0. The summed E-state index contributed by atoms with van der Waals surface area (Å²) in [5, 5.41) is 4.14. The smallest absolute Gasteiger partial charge is 0.248 e. The summed E-state index contributed by atoms with van der Waals surface area (Å²) < 4.78 is 11.2. The Kier molecular flexibility index (Phi) is 4.63. The zero-order valence-electron chi connectivity index (χ0n) is 15.5. The van der Waals surface area contributed by atoms with E-state index in [0.29, 0.717) is 17.3 Å². The zero-order valence-corrected chi connectivity index (χ0v) is 15.5. The molecule has 0 atom stereocenters. The highest BCUT2D eigenvalue weighted by molar-refractivity contribution is 5.85. The maximum atomic E-state index is 6.26. The Morgan fingerprint density at radius 2 is 1.86 bits per heavy atom. The molecule has 7 heteroatoms. The van der Waals surface area contributed by atoms with Crippen molar-refractivity contribution in [2.45, 2.75) is 6.92 Å². The summed E-state index contributed by atoms with van der Waals surface area (Å²) in [6.45, 7) is 1.94. The van der Waals surface area contributed by atoms with Crippen LogP contribution in [0.25, 0.3) is 10.9 Å². The number of fused-ring (bicyclic) bond motifs is 1. The Hall–Kier alpha value is -3.87. The summed E-state index contributed by atoms with van der Waals surface area (Å²) in [5.74, 6) is 2.02. The Labute approximate surface area is 162 Å². The first-order valence-corrected chi connectivity index (χ1v) is 8.70. The summed E-state index contributed by atoms with van der Waals surface area (Å²) in [5.41, 5.74) is 9.01. The van der Waals surface area contributed by atoms with Gasteiger partial charge in [-0.1, -0.05) is 24.3 Å². The summed E-state index contributed by atoms with van der Waals surface area (Å²) in [6.07, 6.45) is 1.40. The molecule has 0 saturated carbocycles. The first-order chi connectivity index (χ1) is 13.6. The molecule has 3 N–H and O–H groups in total. The highest BCUT2D eigenvalue weighted by Crippen LogP contribution is 2.34. The van der Waals surface area contributed by atoms with Crippen molar-refractivity contribution in [2.24, 2.45) is 0 Å². The normalized spacial score (nSPS) is 10.6. The molecule has 0 amide bonds. The molecule has 0 fully saturated rings. The van der Waals surface area contributed by atoms with E-state index >= 15 is 0 Å². The molecule has 2 aromatic carbocycles. The second-order valence-electron chi connectivity index (χ2n) is 6.18. The fourth-order valence-corrected chi connectivity index (χ4v) is 2.80. The average molecular weight is 373 g/mol. The van der Waals surface area contributed by atoms with Gasteiger partial charge in [0, 0.05) is 22.8 Å². The highest BCUT2D eigenvalue weighted by atomic mass is 16.5. The van der Waals surface area contributed by atoms with Crippen LogP contribution in [0.1, 0.15) is 5.69 Å². The van der Waals surface area contributed by atoms with Gasteiger partial charge in [0.05, 0.1) is 7.11 Å².